The van der Waals surface area contributed by atoms with Gasteiger partial charge in [0.1, 0.15) is 5.75 Å². The first kappa shape index (κ1) is 12.0. The fraction of sp³-hybridized carbons (Fsp3) is 0.385. The molecule has 1 fully saturated rings. The molecule has 0 spiro atoms. The zero-order valence-electron chi connectivity index (χ0n) is 10.8. The van der Waals surface area contributed by atoms with Gasteiger partial charge in [0, 0.05) is 31.2 Å². The van der Waals surface area contributed by atoms with Gasteiger partial charge < -0.3 is 15.3 Å². The third-order valence-electron chi connectivity index (χ3n) is 3.24. The Bertz CT molecular complexity index is 568. The highest BCUT2D eigenvalue weighted by Gasteiger charge is 2.19. The lowest BCUT2D eigenvalue weighted by Gasteiger charge is -2.30. The maximum Gasteiger partial charge on any atom is 0.245 e. The molecule has 3 rings (SSSR count). The molecule has 1 aromatic carbocycles. The SMILES string of the molecule is CC1CN(c2n[nH]c(-c3cccc(O)c3)n2)CCN1. The molecule has 0 radical (unpaired) electrons. The van der Waals surface area contributed by atoms with E-state index in [1.165, 1.54) is 0 Å². The Hall–Kier alpha value is -2.08. The third-order valence-corrected chi connectivity index (χ3v) is 3.24. The first-order valence-electron chi connectivity index (χ1n) is 6.42. The van der Waals surface area contributed by atoms with Gasteiger partial charge in [-0.3, -0.25) is 5.10 Å². The number of aromatic amines is 1. The van der Waals surface area contributed by atoms with Gasteiger partial charge in [-0.15, -0.1) is 5.10 Å². The molecule has 6 nitrogen and oxygen atoms in total. The van der Waals surface area contributed by atoms with Crippen LogP contribution in [0.3, 0.4) is 0 Å². The van der Waals surface area contributed by atoms with Crippen molar-refractivity contribution in [3.8, 4) is 17.1 Å². The first-order chi connectivity index (χ1) is 9.22. The summed E-state index contributed by atoms with van der Waals surface area (Å²) < 4.78 is 0. The molecule has 2 heterocycles. The summed E-state index contributed by atoms with van der Waals surface area (Å²) in [5, 5.41) is 20.1. The van der Waals surface area contributed by atoms with Crippen molar-refractivity contribution in [2.75, 3.05) is 24.5 Å². The second-order valence-electron chi connectivity index (χ2n) is 4.84. The van der Waals surface area contributed by atoms with E-state index in [2.05, 4.69) is 32.3 Å². The van der Waals surface area contributed by atoms with Crippen LogP contribution in [0.1, 0.15) is 6.92 Å². The highest BCUT2D eigenvalue weighted by atomic mass is 16.3. The molecular weight excluding hydrogens is 242 g/mol. The molecular formula is C13H17N5O. The molecule has 1 saturated heterocycles. The fourth-order valence-corrected chi connectivity index (χ4v) is 2.29. The van der Waals surface area contributed by atoms with E-state index in [4.69, 9.17) is 0 Å². The summed E-state index contributed by atoms with van der Waals surface area (Å²) in [5.41, 5.74) is 0.835. The number of aromatic nitrogens is 3. The van der Waals surface area contributed by atoms with Crippen LogP contribution in [0, 0.1) is 0 Å². The minimum atomic E-state index is 0.228. The fourth-order valence-electron chi connectivity index (χ4n) is 2.29. The number of phenols is 1. The van der Waals surface area contributed by atoms with E-state index >= 15 is 0 Å². The molecule has 100 valence electrons. The molecule has 1 aromatic heterocycles. The average molecular weight is 259 g/mol. The number of nitrogens with one attached hydrogen (secondary N) is 2. The average Bonchev–Trinajstić information content (AvgIpc) is 2.88. The van der Waals surface area contributed by atoms with Crippen LogP contribution in [-0.4, -0.2) is 46.0 Å². The molecule has 1 aliphatic rings. The predicted molar refractivity (Wildman–Crippen MR) is 73.2 cm³/mol. The molecule has 3 N–H and O–H groups in total. The Balaban J connectivity index is 1.83. The van der Waals surface area contributed by atoms with Crippen LogP contribution in [0.4, 0.5) is 5.95 Å². The number of piperazine rings is 1. The lowest BCUT2D eigenvalue weighted by molar-refractivity contribution is 0.475. The van der Waals surface area contributed by atoms with E-state index in [9.17, 15) is 5.11 Å². The van der Waals surface area contributed by atoms with Gasteiger partial charge >= 0.3 is 0 Å². The molecule has 0 saturated carbocycles. The molecule has 1 unspecified atom stereocenters. The van der Waals surface area contributed by atoms with Crippen LogP contribution in [0.25, 0.3) is 11.4 Å². The number of H-pyrrole nitrogens is 1. The topological polar surface area (TPSA) is 77.1 Å². The van der Waals surface area contributed by atoms with Gasteiger partial charge in [-0.05, 0) is 19.1 Å². The van der Waals surface area contributed by atoms with Crippen molar-refractivity contribution in [1.82, 2.24) is 20.5 Å². The summed E-state index contributed by atoms with van der Waals surface area (Å²) in [4.78, 5) is 6.66. The Morgan fingerprint density at radius 1 is 1.42 bits per heavy atom. The van der Waals surface area contributed by atoms with Crippen molar-refractivity contribution in [1.29, 1.82) is 0 Å². The van der Waals surface area contributed by atoms with Crippen molar-refractivity contribution in [2.45, 2.75) is 13.0 Å². The summed E-state index contributed by atoms with van der Waals surface area (Å²) >= 11 is 0. The van der Waals surface area contributed by atoms with Crippen molar-refractivity contribution in [3.05, 3.63) is 24.3 Å². The second kappa shape index (κ2) is 4.89. The van der Waals surface area contributed by atoms with Crippen LogP contribution in [-0.2, 0) is 0 Å². The molecule has 0 amide bonds. The van der Waals surface area contributed by atoms with Gasteiger partial charge in [0.15, 0.2) is 5.82 Å². The number of phenolic OH excluding ortho intramolecular Hbond substituents is 1. The highest BCUT2D eigenvalue weighted by molar-refractivity contribution is 5.58. The van der Waals surface area contributed by atoms with E-state index < -0.39 is 0 Å². The molecule has 0 aliphatic carbocycles. The predicted octanol–water partition coefficient (Wildman–Crippen LogP) is 0.975. The number of hydrogen-bond acceptors (Lipinski definition) is 5. The van der Waals surface area contributed by atoms with Gasteiger partial charge in [0.2, 0.25) is 5.95 Å². The summed E-state index contributed by atoms with van der Waals surface area (Å²) in [5.74, 6) is 1.62. The highest BCUT2D eigenvalue weighted by Crippen LogP contribution is 2.21. The molecule has 19 heavy (non-hydrogen) atoms. The minimum Gasteiger partial charge on any atom is -0.508 e. The van der Waals surface area contributed by atoms with E-state index in [-0.39, 0.29) is 5.75 Å². The van der Waals surface area contributed by atoms with Gasteiger partial charge in [0.05, 0.1) is 0 Å². The summed E-state index contributed by atoms with van der Waals surface area (Å²) in [6.07, 6.45) is 0. The standard InChI is InChI=1S/C13H17N5O/c1-9-8-18(6-5-14-9)13-15-12(16-17-13)10-3-2-4-11(19)7-10/h2-4,7,9,14,19H,5-6,8H2,1H3,(H,15,16,17). The number of aromatic hydroxyl groups is 1. The maximum absolute atomic E-state index is 9.48. The van der Waals surface area contributed by atoms with Crippen LogP contribution >= 0.6 is 0 Å². The normalized spacial score (nSPS) is 19.6. The van der Waals surface area contributed by atoms with Gasteiger partial charge in [0.25, 0.3) is 0 Å². The number of nitrogens with zero attached hydrogens (tertiary/aromatic N) is 3. The van der Waals surface area contributed by atoms with Crippen molar-refractivity contribution >= 4 is 5.95 Å². The van der Waals surface area contributed by atoms with Crippen molar-refractivity contribution in [3.63, 3.8) is 0 Å². The Kier molecular flexibility index (Phi) is 3.08. The van der Waals surface area contributed by atoms with E-state index in [0.717, 1.165) is 25.2 Å². The zero-order chi connectivity index (χ0) is 13.2. The Labute approximate surface area is 111 Å². The van der Waals surface area contributed by atoms with Crippen LogP contribution < -0.4 is 10.2 Å². The smallest absolute Gasteiger partial charge is 0.245 e. The Morgan fingerprint density at radius 2 is 2.32 bits per heavy atom. The number of hydrogen-bond donors (Lipinski definition) is 3. The third kappa shape index (κ3) is 2.53. The van der Waals surface area contributed by atoms with Crippen LogP contribution in [0.15, 0.2) is 24.3 Å². The summed E-state index contributed by atoms with van der Waals surface area (Å²) in [7, 11) is 0. The van der Waals surface area contributed by atoms with Crippen LogP contribution in [0.2, 0.25) is 0 Å². The quantitative estimate of drug-likeness (QED) is 0.749. The molecule has 1 aliphatic heterocycles. The monoisotopic (exact) mass is 259 g/mol. The van der Waals surface area contributed by atoms with E-state index in [0.29, 0.717) is 17.8 Å². The largest absolute Gasteiger partial charge is 0.508 e. The lowest BCUT2D eigenvalue weighted by Crippen LogP contribution is -2.49. The summed E-state index contributed by atoms with van der Waals surface area (Å²) in [6, 6.07) is 7.43. The molecule has 2 aromatic rings. The lowest BCUT2D eigenvalue weighted by atomic mass is 10.2. The first-order valence-corrected chi connectivity index (χ1v) is 6.42. The minimum absolute atomic E-state index is 0.228. The molecule has 6 heteroatoms. The number of anilines is 1. The number of benzene rings is 1. The summed E-state index contributed by atoms with van der Waals surface area (Å²) in [6.45, 7) is 4.89. The van der Waals surface area contributed by atoms with Gasteiger partial charge in [-0.1, -0.05) is 12.1 Å². The zero-order valence-corrected chi connectivity index (χ0v) is 10.8. The Morgan fingerprint density at radius 3 is 3.11 bits per heavy atom. The number of rotatable bonds is 2. The van der Waals surface area contributed by atoms with Crippen LogP contribution in [0.5, 0.6) is 5.75 Å². The molecule has 1 atom stereocenters. The van der Waals surface area contributed by atoms with E-state index in [1.807, 2.05) is 6.07 Å². The van der Waals surface area contributed by atoms with Crippen molar-refractivity contribution < 1.29 is 5.11 Å². The van der Waals surface area contributed by atoms with E-state index in [1.54, 1.807) is 18.2 Å². The van der Waals surface area contributed by atoms with Gasteiger partial charge in [-0.2, -0.15) is 4.98 Å². The maximum atomic E-state index is 9.48. The second-order valence-corrected chi connectivity index (χ2v) is 4.84. The van der Waals surface area contributed by atoms with Crippen molar-refractivity contribution in [2.24, 2.45) is 0 Å². The molecule has 0 bridgehead atoms. The van der Waals surface area contributed by atoms with Gasteiger partial charge in [-0.25, -0.2) is 0 Å².